The molecule has 3 amide bonds. The maximum absolute atomic E-state index is 12.8. The third-order valence-corrected chi connectivity index (χ3v) is 8.96. The lowest BCUT2D eigenvalue weighted by molar-refractivity contribution is -0.129. The van der Waals surface area contributed by atoms with Crippen LogP contribution in [0.4, 0.5) is 10.5 Å². The van der Waals surface area contributed by atoms with Gasteiger partial charge < -0.3 is 20.2 Å². The van der Waals surface area contributed by atoms with Gasteiger partial charge >= 0.3 is 6.03 Å². The molecule has 3 heterocycles. The SMILES string of the molecule is CNC(=O)N(c1cccc(Cl)c1)C1CCN(CC(O)Cn2nc(-c3ccc(Cl)c(C)c3)c3c2CCN(C(C)=O)C3)CC1. The first-order valence-electron chi connectivity index (χ1n) is 14.4. The molecule has 2 aliphatic rings. The Morgan fingerprint density at radius 2 is 1.88 bits per heavy atom. The zero-order valence-corrected chi connectivity index (χ0v) is 25.8. The molecular formula is C31H38Cl2N6O3. The topological polar surface area (TPSA) is 93.9 Å². The molecule has 9 nitrogen and oxygen atoms in total. The Labute approximate surface area is 257 Å². The Hall–Kier alpha value is -3.11. The number of halogens is 2. The number of amides is 3. The molecule has 2 aromatic carbocycles. The average Bonchev–Trinajstić information content (AvgIpc) is 3.32. The van der Waals surface area contributed by atoms with E-state index >= 15 is 0 Å². The van der Waals surface area contributed by atoms with Crippen molar-refractivity contribution in [1.29, 1.82) is 0 Å². The second-order valence-corrected chi connectivity index (χ2v) is 12.0. The van der Waals surface area contributed by atoms with Crippen molar-refractivity contribution in [3.05, 3.63) is 69.3 Å². The summed E-state index contributed by atoms with van der Waals surface area (Å²) < 4.78 is 1.93. The smallest absolute Gasteiger partial charge is 0.321 e. The van der Waals surface area contributed by atoms with Gasteiger partial charge in [-0.25, -0.2) is 4.79 Å². The van der Waals surface area contributed by atoms with Crippen LogP contribution in [-0.4, -0.2) is 82.0 Å². The molecule has 1 saturated heterocycles. The number of carbonyl (C=O) groups is 2. The van der Waals surface area contributed by atoms with E-state index in [0.717, 1.165) is 59.7 Å². The lowest BCUT2D eigenvalue weighted by Gasteiger charge is -2.39. The monoisotopic (exact) mass is 612 g/mol. The van der Waals surface area contributed by atoms with E-state index in [-0.39, 0.29) is 18.0 Å². The fourth-order valence-electron chi connectivity index (χ4n) is 6.09. The van der Waals surface area contributed by atoms with Gasteiger partial charge in [0.1, 0.15) is 0 Å². The predicted octanol–water partition coefficient (Wildman–Crippen LogP) is 4.74. The number of rotatable bonds is 7. The number of urea groups is 1. The molecule has 1 aromatic heterocycles. The van der Waals surface area contributed by atoms with Gasteiger partial charge in [-0.1, -0.05) is 35.3 Å². The number of aliphatic hydroxyl groups is 1. The lowest BCUT2D eigenvalue weighted by atomic mass is 9.99. The molecule has 0 bridgehead atoms. The Kier molecular flexibility index (Phi) is 9.42. The first-order valence-corrected chi connectivity index (χ1v) is 15.2. The first-order chi connectivity index (χ1) is 20.1. The summed E-state index contributed by atoms with van der Waals surface area (Å²) in [5.41, 5.74) is 5.62. The third kappa shape index (κ3) is 6.59. The number of benzene rings is 2. The minimum atomic E-state index is -0.626. The van der Waals surface area contributed by atoms with E-state index < -0.39 is 6.10 Å². The molecule has 0 saturated carbocycles. The fraction of sp³-hybridized carbons (Fsp3) is 0.452. The van der Waals surface area contributed by atoms with Gasteiger partial charge in [-0.3, -0.25) is 14.4 Å². The van der Waals surface area contributed by atoms with E-state index in [1.165, 1.54) is 0 Å². The number of nitrogens with zero attached hydrogens (tertiary/aromatic N) is 5. The summed E-state index contributed by atoms with van der Waals surface area (Å²) >= 11 is 12.5. The Bertz CT molecular complexity index is 1450. The van der Waals surface area contributed by atoms with Gasteiger partial charge in [0.15, 0.2) is 0 Å². The maximum atomic E-state index is 12.8. The van der Waals surface area contributed by atoms with E-state index in [1.807, 2.05) is 52.9 Å². The number of hydrogen-bond donors (Lipinski definition) is 2. The summed E-state index contributed by atoms with van der Waals surface area (Å²) in [5, 5.41) is 20.2. The van der Waals surface area contributed by atoms with E-state index in [0.29, 0.717) is 42.6 Å². The van der Waals surface area contributed by atoms with E-state index in [4.69, 9.17) is 28.3 Å². The summed E-state index contributed by atoms with van der Waals surface area (Å²) in [7, 11) is 1.64. The van der Waals surface area contributed by atoms with Crippen molar-refractivity contribution >= 4 is 40.8 Å². The van der Waals surface area contributed by atoms with Crippen molar-refractivity contribution in [2.75, 3.05) is 38.1 Å². The van der Waals surface area contributed by atoms with Crippen LogP contribution in [0.1, 0.15) is 36.6 Å². The van der Waals surface area contributed by atoms with E-state index in [1.54, 1.807) is 24.9 Å². The highest BCUT2D eigenvalue weighted by molar-refractivity contribution is 6.31. The Balaban J connectivity index is 1.27. The number of aromatic nitrogens is 2. The molecule has 1 unspecified atom stereocenters. The number of piperidine rings is 1. The summed E-state index contributed by atoms with van der Waals surface area (Å²) in [5.74, 6) is 0.0421. The second kappa shape index (κ2) is 13.0. The molecule has 1 fully saturated rings. The first kappa shape index (κ1) is 30.4. The highest BCUT2D eigenvalue weighted by Gasteiger charge is 2.31. The molecule has 11 heteroatoms. The minimum Gasteiger partial charge on any atom is -0.390 e. The van der Waals surface area contributed by atoms with Crippen LogP contribution in [0, 0.1) is 6.92 Å². The minimum absolute atomic E-state index is 0.0320. The third-order valence-electron chi connectivity index (χ3n) is 8.30. The van der Waals surface area contributed by atoms with Crippen LogP contribution in [0.3, 0.4) is 0 Å². The molecule has 2 N–H and O–H groups in total. The van der Waals surface area contributed by atoms with Crippen LogP contribution in [0.2, 0.25) is 10.0 Å². The van der Waals surface area contributed by atoms with Crippen molar-refractivity contribution in [3.63, 3.8) is 0 Å². The van der Waals surface area contributed by atoms with Crippen LogP contribution in [0.5, 0.6) is 0 Å². The zero-order valence-electron chi connectivity index (χ0n) is 24.3. The molecule has 0 aliphatic carbocycles. The molecule has 0 radical (unpaired) electrons. The summed E-state index contributed by atoms with van der Waals surface area (Å²) in [6, 6.07) is 13.1. The Morgan fingerprint density at radius 1 is 1.12 bits per heavy atom. The molecule has 2 aliphatic heterocycles. The normalized spacial score (nSPS) is 16.7. The molecule has 1 atom stereocenters. The van der Waals surface area contributed by atoms with Crippen LogP contribution in [0.15, 0.2) is 42.5 Å². The number of hydrogen-bond acceptors (Lipinski definition) is 5. The predicted molar refractivity (Wildman–Crippen MR) is 166 cm³/mol. The number of fused-ring (bicyclic) bond motifs is 1. The summed E-state index contributed by atoms with van der Waals surface area (Å²) in [6.07, 6.45) is 1.63. The standard InChI is InChI=1S/C31H38Cl2N6O3/c1-20-15-22(7-8-28(20)33)30-27-19-37(21(2)40)14-11-29(27)38(35-30)18-26(41)17-36-12-9-24(10-13-36)39(31(42)34-3)25-6-4-5-23(32)16-25/h4-8,15-16,24,26,41H,9-14,17-19H2,1-3H3,(H,34,42). The van der Waals surface area contributed by atoms with E-state index in [9.17, 15) is 14.7 Å². The zero-order chi connectivity index (χ0) is 30.0. The lowest BCUT2D eigenvalue weighted by Crippen LogP contribution is -2.51. The van der Waals surface area contributed by atoms with Gasteiger partial charge in [0.2, 0.25) is 5.91 Å². The number of likely N-dealkylation sites (tertiary alicyclic amines) is 1. The quantitative estimate of drug-likeness (QED) is 0.402. The number of carbonyl (C=O) groups excluding carboxylic acids is 2. The largest absolute Gasteiger partial charge is 0.390 e. The van der Waals surface area contributed by atoms with Crippen molar-refractivity contribution in [1.82, 2.24) is 24.9 Å². The van der Waals surface area contributed by atoms with Crippen molar-refractivity contribution < 1.29 is 14.7 Å². The number of aryl methyl sites for hydroxylation is 1. The molecule has 3 aromatic rings. The molecular weight excluding hydrogens is 575 g/mol. The second-order valence-electron chi connectivity index (χ2n) is 11.2. The van der Waals surface area contributed by atoms with Crippen molar-refractivity contribution in [2.24, 2.45) is 0 Å². The van der Waals surface area contributed by atoms with Crippen LogP contribution < -0.4 is 10.2 Å². The van der Waals surface area contributed by atoms with Gasteiger partial charge in [-0.05, 0) is 55.7 Å². The fourth-order valence-corrected chi connectivity index (χ4v) is 6.39. The van der Waals surface area contributed by atoms with Crippen LogP contribution in [-0.2, 0) is 24.3 Å². The van der Waals surface area contributed by atoms with Crippen molar-refractivity contribution in [2.45, 2.75) is 58.3 Å². The Morgan fingerprint density at radius 3 is 2.55 bits per heavy atom. The highest BCUT2D eigenvalue weighted by Crippen LogP contribution is 2.32. The number of nitrogens with one attached hydrogen (secondary N) is 1. The van der Waals surface area contributed by atoms with Gasteiger partial charge in [-0.2, -0.15) is 5.10 Å². The van der Waals surface area contributed by atoms with Gasteiger partial charge in [0.05, 0.1) is 18.3 Å². The molecule has 224 valence electrons. The van der Waals surface area contributed by atoms with Crippen LogP contribution >= 0.6 is 23.2 Å². The number of anilines is 1. The molecule has 5 rings (SSSR count). The van der Waals surface area contributed by atoms with Crippen LogP contribution in [0.25, 0.3) is 11.3 Å². The average molecular weight is 614 g/mol. The van der Waals surface area contributed by atoms with Gasteiger partial charge in [0.25, 0.3) is 0 Å². The van der Waals surface area contributed by atoms with E-state index in [2.05, 4.69) is 10.2 Å². The number of aliphatic hydroxyl groups excluding tert-OH is 1. The van der Waals surface area contributed by atoms with Gasteiger partial charge in [-0.15, -0.1) is 0 Å². The maximum Gasteiger partial charge on any atom is 0.321 e. The molecule has 0 spiro atoms. The van der Waals surface area contributed by atoms with Gasteiger partial charge in [0, 0.05) is 91.7 Å². The summed E-state index contributed by atoms with van der Waals surface area (Å²) in [6.45, 7) is 7.08. The molecule has 42 heavy (non-hydrogen) atoms. The number of β-amino-alcohol motifs (C(OH)–C–C–N with tert-alkyl or cyclic N) is 1. The summed E-state index contributed by atoms with van der Waals surface area (Å²) in [4.78, 5) is 30.8. The van der Waals surface area contributed by atoms with Crippen molar-refractivity contribution in [3.8, 4) is 11.3 Å². The highest BCUT2D eigenvalue weighted by atomic mass is 35.5.